The lowest BCUT2D eigenvalue weighted by molar-refractivity contribution is -0.138. The first kappa shape index (κ1) is 11.0. The van der Waals surface area contributed by atoms with E-state index in [-0.39, 0.29) is 24.3 Å². The zero-order valence-electron chi connectivity index (χ0n) is 8.16. The van der Waals surface area contributed by atoms with Crippen molar-refractivity contribution < 1.29 is 19.4 Å². The van der Waals surface area contributed by atoms with Gasteiger partial charge >= 0.3 is 5.97 Å². The molecule has 1 heterocycles. The summed E-state index contributed by atoms with van der Waals surface area (Å²) in [5, 5.41) is 11.2. The predicted molar refractivity (Wildman–Crippen MR) is 48.8 cm³/mol. The molecular weight excluding hydrogens is 186 g/mol. The normalized spacial score (nSPS) is 26.1. The summed E-state index contributed by atoms with van der Waals surface area (Å²) in [4.78, 5) is 21.0. The number of amides is 1. The molecule has 14 heavy (non-hydrogen) atoms. The van der Waals surface area contributed by atoms with Crippen LogP contribution < -0.4 is 5.32 Å². The second kappa shape index (κ2) is 4.95. The van der Waals surface area contributed by atoms with E-state index in [1.807, 2.05) is 0 Å². The summed E-state index contributed by atoms with van der Waals surface area (Å²) in [7, 11) is 0. The maximum Gasteiger partial charge on any atom is 0.303 e. The molecule has 1 aliphatic heterocycles. The van der Waals surface area contributed by atoms with Crippen LogP contribution in [-0.2, 0) is 14.3 Å². The van der Waals surface area contributed by atoms with E-state index < -0.39 is 5.97 Å². The minimum absolute atomic E-state index is 0.0248. The van der Waals surface area contributed by atoms with E-state index in [0.717, 1.165) is 0 Å². The molecular formula is C9H15NO4. The molecule has 0 spiro atoms. The molecule has 1 aliphatic rings. The van der Waals surface area contributed by atoms with Gasteiger partial charge in [-0.05, 0) is 12.3 Å². The van der Waals surface area contributed by atoms with Crippen molar-refractivity contribution in [1.82, 2.24) is 5.32 Å². The van der Waals surface area contributed by atoms with Gasteiger partial charge in [0.15, 0.2) is 0 Å². The third-order valence-electron chi connectivity index (χ3n) is 2.21. The van der Waals surface area contributed by atoms with Crippen molar-refractivity contribution in [2.75, 3.05) is 13.2 Å². The van der Waals surface area contributed by atoms with Crippen molar-refractivity contribution in [3.63, 3.8) is 0 Å². The van der Waals surface area contributed by atoms with Crippen LogP contribution in [-0.4, -0.2) is 36.2 Å². The van der Waals surface area contributed by atoms with Gasteiger partial charge in [-0.25, -0.2) is 0 Å². The highest BCUT2D eigenvalue weighted by atomic mass is 16.5. The fourth-order valence-electron chi connectivity index (χ4n) is 1.57. The van der Waals surface area contributed by atoms with Gasteiger partial charge in [0, 0.05) is 13.5 Å². The fraction of sp³-hybridized carbons (Fsp3) is 0.778. The molecule has 1 rings (SSSR count). The molecule has 2 N–H and O–H groups in total. The third-order valence-corrected chi connectivity index (χ3v) is 2.21. The maximum atomic E-state index is 10.6. The van der Waals surface area contributed by atoms with Crippen LogP contribution in [0.4, 0.5) is 0 Å². The van der Waals surface area contributed by atoms with Gasteiger partial charge in [-0.15, -0.1) is 0 Å². The van der Waals surface area contributed by atoms with E-state index in [1.165, 1.54) is 6.92 Å². The topological polar surface area (TPSA) is 75.6 Å². The van der Waals surface area contributed by atoms with Gasteiger partial charge in [-0.3, -0.25) is 9.59 Å². The van der Waals surface area contributed by atoms with E-state index in [1.54, 1.807) is 0 Å². The van der Waals surface area contributed by atoms with E-state index in [2.05, 4.69) is 5.32 Å². The van der Waals surface area contributed by atoms with Gasteiger partial charge in [0.25, 0.3) is 0 Å². The molecule has 1 amide bonds. The number of carboxylic acids is 1. The van der Waals surface area contributed by atoms with Crippen LogP contribution in [0.25, 0.3) is 0 Å². The smallest absolute Gasteiger partial charge is 0.303 e. The van der Waals surface area contributed by atoms with E-state index in [9.17, 15) is 9.59 Å². The Hall–Kier alpha value is -1.10. The molecule has 0 radical (unpaired) electrons. The lowest BCUT2D eigenvalue weighted by Gasteiger charge is -2.08. The first-order valence-electron chi connectivity index (χ1n) is 4.65. The summed E-state index contributed by atoms with van der Waals surface area (Å²) in [6.45, 7) is 2.41. The molecule has 0 aromatic rings. The number of nitrogens with one attached hydrogen (secondary N) is 1. The molecule has 0 saturated carbocycles. The molecule has 0 bridgehead atoms. The second-order valence-corrected chi connectivity index (χ2v) is 3.59. The highest BCUT2D eigenvalue weighted by Crippen LogP contribution is 2.21. The minimum Gasteiger partial charge on any atom is -0.481 e. The summed E-state index contributed by atoms with van der Waals surface area (Å²) in [5.41, 5.74) is 0. The van der Waals surface area contributed by atoms with Crippen molar-refractivity contribution in [1.29, 1.82) is 0 Å². The highest BCUT2D eigenvalue weighted by molar-refractivity contribution is 5.72. The van der Waals surface area contributed by atoms with Crippen LogP contribution >= 0.6 is 0 Å². The van der Waals surface area contributed by atoms with Crippen molar-refractivity contribution in [2.45, 2.75) is 25.9 Å². The average Bonchev–Trinajstić information content (AvgIpc) is 2.47. The number of carbonyl (C=O) groups excluding carboxylic acids is 1. The number of hydrogen-bond donors (Lipinski definition) is 2. The van der Waals surface area contributed by atoms with Crippen molar-refractivity contribution in [2.24, 2.45) is 5.92 Å². The second-order valence-electron chi connectivity index (χ2n) is 3.59. The van der Waals surface area contributed by atoms with E-state index >= 15 is 0 Å². The van der Waals surface area contributed by atoms with Gasteiger partial charge in [0.05, 0.1) is 19.1 Å². The Kier molecular flexibility index (Phi) is 3.88. The van der Waals surface area contributed by atoms with Crippen LogP contribution in [0.15, 0.2) is 0 Å². The summed E-state index contributed by atoms with van der Waals surface area (Å²) in [6, 6.07) is 0. The Morgan fingerprint density at radius 3 is 2.86 bits per heavy atom. The quantitative estimate of drug-likeness (QED) is 0.671. The molecule has 0 aliphatic carbocycles. The standard InChI is InChI=1S/C9H15NO4/c1-6(11)10-4-8-2-7(5-14-8)3-9(12)13/h7-8H,2-5H2,1H3,(H,10,11)(H,12,13). The van der Waals surface area contributed by atoms with Crippen molar-refractivity contribution in [3.05, 3.63) is 0 Å². The molecule has 80 valence electrons. The molecule has 2 unspecified atom stereocenters. The molecule has 1 saturated heterocycles. The number of carbonyl (C=O) groups is 2. The molecule has 5 heteroatoms. The minimum atomic E-state index is -0.793. The van der Waals surface area contributed by atoms with Gasteiger partial charge in [0.1, 0.15) is 0 Å². The first-order chi connectivity index (χ1) is 6.58. The predicted octanol–water partition coefficient (Wildman–Crippen LogP) is 0.00230. The van der Waals surface area contributed by atoms with Crippen LogP contribution in [0.2, 0.25) is 0 Å². The van der Waals surface area contributed by atoms with Crippen LogP contribution in [0.3, 0.4) is 0 Å². The summed E-state index contributed by atoms with van der Waals surface area (Å²) in [5.74, 6) is -0.791. The Labute approximate surface area is 82.4 Å². The molecule has 1 fully saturated rings. The molecule has 5 nitrogen and oxygen atoms in total. The average molecular weight is 201 g/mol. The zero-order chi connectivity index (χ0) is 10.6. The van der Waals surface area contributed by atoms with Crippen molar-refractivity contribution in [3.8, 4) is 0 Å². The van der Waals surface area contributed by atoms with Gasteiger partial charge < -0.3 is 15.2 Å². The Morgan fingerprint density at radius 1 is 1.57 bits per heavy atom. The zero-order valence-corrected chi connectivity index (χ0v) is 8.16. The SMILES string of the molecule is CC(=O)NCC1CC(CC(=O)O)CO1. The number of carboxylic acid groups (broad SMARTS) is 1. The number of ether oxygens (including phenoxy) is 1. The number of aliphatic carboxylic acids is 1. The summed E-state index contributed by atoms with van der Waals surface area (Å²) >= 11 is 0. The Bertz CT molecular complexity index is 229. The molecule has 2 atom stereocenters. The van der Waals surface area contributed by atoms with E-state index in [4.69, 9.17) is 9.84 Å². The van der Waals surface area contributed by atoms with Crippen LogP contribution in [0.1, 0.15) is 19.8 Å². The third kappa shape index (κ3) is 3.74. The summed E-state index contributed by atoms with van der Waals surface area (Å²) < 4.78 is 5.34. The van der Waals surface area contributed by atoms with Crippen LogP contribution in [0.5, 0.6) is 0 Å². The van der Waals surface area contributed by atoms with Gasteiger partial charge in [-0.2, -0.15) is 0 Å². The van der Waals surface area contributed by atoms with Gasteiger partial charge in [-0.1, -0.05) is 0 Å². The lowest BCUT2D eigenvalue weighted by atomic mass is 10.0. The molecule has 0 aromatic heterocycles. The Balaban J connectivity index is 2.20. The van der Waals surface area contributed by atoms with Crippen molar-refractivity contribution >= 4 is 11.9 Å². The van der Waals surface area contributed by atoms with E-state index in [0.29, 0.717) is 19.6 Å². The maximum absolute atomic E-state index is 10.6. The number of rotatable bonds is 4. The van der Waals surface area contributed by atoms with Crippen LogP contribution in [0, 0.1) is 5.92 Å². The largest absolute Gasteiger partial charge is 0.481 e. The fourth-order valence-corrected chi connectivity index (χ4v) is 1.57. The lowest BCUT2D eigenvalue weighted by Crippen LogP contribution is -2.29. The monoisotopic (exact) mass is 201 g/mol. The highest BCUT2D eigenvalue weighted by Gasteiger charge is 2.26. The summed E-state index contributed by atoms with van der Waals surface area (Å²) in [6.07, 6.45) is 0.839. The van der Waals surface area contributed by atoms with Gasteiger partial charge in [0.2, 0.25) is 5.91 Å². The molecule has 0 aromatic carbocycles. The Morgan fingerprint density at radius 2 is 2.29 bits per heavy atom. The first-order valence-corrected chi connectivity index (χ1v) is 4.65. The number of hydrogen-bond acceptors (Lipinski definition) is 3.